The molecule has 1 spiro atoms. The van der Waals surface area contributed by atoms with Gasteiger partial charge in [-0.15, -0.1) is 11.8 Å². The first-order valence-electron chi connectivity index (χ1n) is 11.3. The summed E-state index contributed by atoms with van der Waals surface area (Å²) in [4.78, 5) is 41.7. The summed E-state index contributed by atoms with van der Waals surface area (Å²) in [7, 11) is 1.58. The maximum Gasteiger partial charge on any atom is 0.269 e. The summed E-state index contributed by atoms with van der Waals surface area (Å²) in [5.74, 6) is 0.104. The Morgan fingerprint density at radius 3 is 2.46 bits per heavy atom. The molecule has 1 atom stereocenters. The zero-order valence-corrected chi connectivity index (χ0v) is 20.3. The topological polar surface area (TPSA) is 79.0 Å². The Morgan fingerprint density at radius 2 is 1.74 bits per heavy atom. The molecule has 2 aliphatic heterocycles. The number of rotatable bonds is 6. The first kappa shape index (κ1) is 23.0. The highest BCUT2D eigenvalue weighted by molar-refractivity contribution is 8.02. The summed E-state index contributed by atoms with van der Waals surface area (Å²) in [6, 6.07) is 22.4. The molecule has 1 saturated heterocycles. The molecule has 35 heavy (non-hydrogen) atoms. The zero-order valence-electron chi connectivity index (χ0n) is 19.5. The number of ether oxygens (including phenoxy) is 1. The van der Waals surface area contributed by atoms with Crippen LogP contribution in [0, 0.1) is 6.92 Å². The minimum atomic E-state index is -1.25. The lowest BCUT2D eigenvalue weighted by atomic mass is 10.0. The van der Waals surface area contributed by atoms with Crippen LogP contribution in [0.2, 0.25) is 0 Å². The summed E-state index contributed by atoms with van der Waals surface area (Å²) in [6.07, 6.45) is 0. The molecular formula is C27H25N3O4S. The van der Waals surface area contributed by atoms with Crippen LogP contribution in [0.3, 0.4) is 0 Å². The first-order valence-corrected chi connectivity index (χ1v) is 12.3. The molecule has 0 aromatic heterocycles. The minimum absolute atomic E-state index is 0.130. The number of methoxy groups -OCH3 is 1. The van der Waals surface area contributed by atoms with Crippen LogP contribution in [0.1, 0.15) is 16.7 Å². The van der Waals surface area contributed by atoms with Gasteiger partial charge in [-0.25, -0.2) is 0 Å². The molecule has 1 N–H and O–H groups in total. The predicted molar refractivity (Wildman–Crippen MR) is 136 cm³/mol. The number of amides is 3. The van der Waals surface area contributed by atoms with E-state index >= 15 is 0 Å². The Morgan fingerprint density at radius 1 is 1.03 bits per heavy atom. The van der Waals surface area contributed by atoms with Gasteiger partial charge in [0.25, 0.3) is 5.91 Å². The minimum Gasteiger partial charge on any atom is -0.497 e. The lowest BCUT2D eigenvalue weighted by Crippen LogP contribution is -2.51. The summed E-state index contributed by atoms with van der Waals surface area (Å²) < 4.78 is 5.25. The molecule has 3 aromatic carbocycles. The maximum absolute atomic E-state index is 14.0. The second-order valence-electron chi connectivity index (χ2n) is 8.53. The van der Waals surface area contributed by atoms with Crippen LogP contribution in [-0.2, 0) is 25.8 Å². The lowest BCUT2D eigenvalue weighted by molar-refractivity contribution is -0.125. The molecule has 3 amide bonds. The summed E-state index contributed by atoms with van der Waals surface area (Å²) >= 11 is 1.29. The number of nitrogens with zero attached hydrogens (tertiary/aromatic N) is 2. The van der Waals surface area contributed by atoms with Gasteiger partial charge in [0.2, 0.25) is 16.7 Å². The van der Waals surface area contributed by atoms with Gasteiger partial charge in [0.05, 0.1) is 18.6 Å². The van der Waals surface area contributed by atoms with Crippen molar-refractivity contribution in [2.75, 3.05) is 29.2 Å². The molecule has 7 nitrogen and oxygen atoms in total. The number of anilines is 2. The average molecular weight is 488 g/mol. The number of nitrogens with one attached hydrogen (secondary N) is 1. The van der Waals surface area contributed by atoms with E-state index in [-0.39, 0.29) is 30.0 Å². The maximum atomic E-state index is 14.0. The van der Waals surface area contributed by atoms with Crippen LogP contribution in [0.4, 0.5) is 11.4 Å². The van der Waals surface area contributed by atoms with Crippen molar-refractivity contribution in [3.63, 3.8) is 0 Å². The molecule has 0 unspecified atom stereocenters. The smallest absolute Gasteiger partial charge is 0.269 e. The van der Waals surface area contributed by atoms with Crippen molar-refractivity contribution < 1.29 is 19.1 Å². The number of aryl methyl sites for hydroxylation is 1. The van der Waals surface area contributed by atoms with Crippen molar-refractivity contribution in [2.45, 2.75) is 18.3 Å². The zero-order chi connectivity index (χ0) is 24.6. The number of fused-ring (bicyclic) bond motifs is 2. The van der Waals surface area contributed by atoms with Crippen LogP contribution in [0.5, 0.6) is 5.75 Å². The van der Waals surface area contributed by atoms with Gasteiger partial charge in [0.15, 0.2) is 0 Å². The van der Waals surface area contributed by atoms with Crippen molar-refractivity contribution in [3.05, 3.63) is 89.5 Å². The predicted octanol–water partition coefficient (Wildman–Crippen LogP) is 3.60. The van der Waals surface area contributed by atoms with E-state index in [0.29, 0.717) is 29.2 Å². The number of benzene rings is 3. The van der Waals surface area contributed by atoms with E-state index in [1.54, 1.807) is 36.3 Å². The normalized spacial score (nSPS) is 18.8. The van der Waals surface area contributed by atoms with Crippen molar-refractivity contribution in [3.8, 4) is 5.75 Å². The van der Waals surface area contributed by atoms with Gasteiger partial charge in [0.1, 0.15) is 12.3 Å². The van der Waals surface area contributed by atoms with Gasteiger partial charge in [-0.3, -0.25) is 24.2 Å². The summed E-state index contributed by atoms with van der Waals surface area (Å²) in [5, 5.41) is 2.91. The fourth-order valence-electron chi connectivity index (χ4n) is 4.55. The molecule has 3 aromatic rings. The highest BCUT2D eigenvalue weighted by Crippen LogP contribution is 2.55. The van der Waals surface area contributed by atoms with E-state index in [0.717, 1.165) is 11.1 Å². The highest BCUT2D eigenvalue weighted by Gasteiger charge is 2.61. The molecule has 1 fully saturated rings. The monoisotopic (exact) mass is 487 g/mol. The molecule has 0 bridgehead atoms. The van der Waals surface area contributed by atoms with Crippen LogP contribution >= 0.6 is 11.8 Å². The molecule has 0 aliphatic carbocycles. The van der Waals surface area contributed by atoms with Crippen LogP contribution in [-0.4, -0.2) is 37.1 Å². The Kier molecular flexibility index (Phi) is 5.98. The van der Waals surface area contributed by atoms with E-state index in [4.69, 9.17) is 4.74 Å². The van der Waals surface area contributed by atoms with Crippen LogP contribution in [0.15, 0.2) is 72.8 Å². The fourth-order valence-corrected chi connectivity index (χ4v) is 5.91. The Balaban J connectivity index is 1.44. The third-order valence-electron chi connectivity index (χ3n) is 6.31. The molecule has 2 aliphatic rings. The van der Waals surface area contributed by atoms with Gasteiger partial charge >= 0.3 is 0 Å². The summed E-state index contributed by atoms with van der Waals surface area (Å²) in [5.41, 5.74) is 4.09. The fraction of sp³-hybridized carbons (Fsp3) is 0.222. The molecule has 2 heterocycles. The molecule has 178 valence electrons. The molecule has 5 rings (SSSR count). The molecule has 8 heteroatoms. The largest absolute Gasteiger partial charge is 0.497 e. The lowest BCUT2D eigenvalue weighted by Gasteiger charge is -2.33. The number of para-hydroxylation sites is 1. The van der Waals surface area contributed by atoms with E-state index < -0.39 is 4.87 Å². The van der Waals surface area contributed by atoms with E-state index in [9.17, 15) is 14.4 Å². The van der Waals surface area contributed by atoms with E-state index in [1.807, 2.05) is 55.5 Å². The van der Waals surface area contributed by atoms with Gasteiger partial charge in [0, 0.05) is 17.8 Å². The molecule has 0 radical (unpaired) electrons. The first-order chi connectivity index (χ1) is 16.9. The van der Waals surface area contributed by atoms with Crippen molar-refractivity contribution in [2.24, 2.45) is 0 Å². The van der Waals surface area contributed by atoms with E-state index in [1.165, 1.54) is 16.7 Å². The standard InChI is InChI=1S/C27H25N3O4S/c1-18-7-9-19(10-8-18)15-28-24(31)16-29-23-6-4-3-5-22(23)27(26(29)33)30(25(32)17-35-27)20-11-13-21(34-2)14-12-20/h3-14H,15-17H2,1-2H3,(H,28,31)/t27-/m0/s1. The number of carbonyl (C=O) groups is 3. The number of hydrogen-bond acceptors (Lipinski definition) is 5. The van der Waals surface area contributed by atoms with Gasteiger partial charge < -0.3 is 10.1 Å². The quantitative estimate of drug-likeness (QED) is 0.575. The third-order valence-corrected chi connectivity index (χ3v) is 7.69. The Hall–Kier alpha value is -3.78. The Labute approximate surface area is 208 Å². The van der Waals surface area contributed by atoms with Crippen molar-refractivity contribution in [1.82, 2.24) is 5.32 Å². The second kappa shape index (κ2) is 9.11. The van der Waals surface area contributed by atoms with Gasteiger partial charge in [-0.2, -0.15) is 0 Å². The van der Waals surface area contributed by atoms with Crippen LogP contribution < -0.4 is 19.9 Å². The second-order valence-corrected chi connectivity index (χ2v) is 9.70. The number of carbonyl (C=O) groups excluding carboxylic acids is 3. The highest BCUT2D eigenvalue weighted by atomic mass is 32.2. The van der Waals surface area contributed by atoms with Gasteiger partial charge in [-0.1, -0.05) is 48.0 Å². The van der Waals surface area contributed by atoms with Crippen molar-refractivity contribution in [1.29, 1.82) is 0 Å². The number of hydrogen-bond donors (Lipinski definition) is 1. The molecule has 0 saturated carbocycles. The molecular weight excluding hydrogens is 462 g/mol. The SMILES string of the molecule is COc1ccc(N2C(=O)CS[C@@]23C(=O)N(CC(=O)NCc2ccc(C)cc2)c2ccccc23)cc1. The average Bonchev–Trinajstić information content (AvgIpc) is 3.34. The van der Waals surface area contributed by atoms with Crippen LogP contribution in [0.25, 0.3) is 0 Å². The summed E-state index contributed by atoms with van der Waals surface area (Å²) in [6.45, 7) is 2.25. The third kappa shape index (κ3) is 3.93. The Bertz CT molecular complexity index is 1290. The van der Waals surface area contributed by atoms with E-state index in [2.05, 4.69) is 5.32 Å². The van der Waals surface area contributed by atoms with Crippen molar-refractivity contribution >= 4 is 40.9 Å². The number of thioether (sulfide) groups is 1. The van der Waals surface area contributed by atoms with Gasteiger partial charge in [-0.05, 0) is 42.8 Å².